The summed E-state index contributed by atoms with van der Waals surface area (Å²) in [5, 5.41) is 3.73. The van der Waals surface area contributed by atoms with Crippen LogP contribution in [-0.2, 0) is 11.7 Å². The third-order valence-electron chi connectivity index (χ3n) is 3.98. The molecular weight excluding hydrogens is 375 g/mol. The molecular formula is C19H16F3N3OS. The Balaban J connectivity index is 1.81. The molecule has 3 rings (SSSR count). The smallest absolute Gasteiger partial charge is 0.352 e. The average Bonchev–Trinajstić information content (AvgIpc) is 3.09. The minimum absolute atomic E-state index is 0.0217. The minimum atomic E-state index is -4.50. The maximum absolute atomic E-state index is 12.8. The van der Waals surface area contributed by atoms with Gasteiger partial charge < -0.3 is 5.32 Å². The largest absolute Gasteiger partial charge is 0.416 e. The van der Waals surface area contributed by atoms with Crippen LogP contribution in [0.3, 0.4) is 0 Å². The Morgan fingerprint density at radius 3 is 2.48 bits per heavy atom. The van der Waals surface area contributed by atoms with E-state index in [0.29, 0.717) is 5.13 Å². The van der Waals surface area contributed by atoms with E-state index < -0.39 is 23.1 Å². The summed E-state index contributed by atoms with van der Waals surface area (Å²) in [7, 11) is 0. The van der Waals surface area contributed by atoms with Crippen LogP contribution >= 0.6 is 11.3 Å². The van der Waals surface area contributed by atoms with E-state index in [1.165, 1.54) is 18.3 Å². The number of pyridine rings is 1. The first-order valence-electron chi connectivity index (χ1n) is 8.03. The van der Waals surface area contributed by atoms with Gasteiger partial charge in [-0.1, -0.05) is 29.5 Å². The summed E-state index contributed by atoms with van der Waals surface area (Å²) < 4.78 is 38.5. The quantitative estimate of drug-likeness (QED) is 0.612. The maximum atomic E-state index is 12.8. The molecule has 0 atom stereocenters. The monoisotopic (exact) mass is 391 g/mol. The van der Waals surface area contributed by atoms with Crippen molar-refractivity contribution in [1.29, 1.82) is 0 Å². The van der Waals surface area contributed by atoms with Crippen molar-refractivity contribution in [2.45, 2.75) is 25.6 Å². The molecule has 27 heavy (non-hydrogen) atoms. The number of hydrogen-bond acceptors (Lipinski definition) is 5. The normalized spacial score (nSPS) is 12.0. The molecule has 0 fully saturated rings. The summed E-state index contributed by atoms with van der Waals surface area (Å²) in [6.45, 7) is 3.89. The number of aromatic nitrogens is 2. The number of alkyl halides is 3. The Hall–Kier alpha value is -2.74. The molecule has 1 aromatic carbocycles. The van der Waals surface area contributed by atoms with E-state index in [1.807, 2.05) is 26.0 Å². The molecule has 0 saturated heterocycles. The van der Waals surface area contributed by atoms with Gasteiger partial charge in [0.15, 0.2) is 5.13 Å². The summed E-state index contributed by atoms with van der Waals surface area (Å²) in [6, 6.07) is 8.12. The second kappa shape index (κ2) is 7.11. The van der Waals surface area contributed by atoms with E-state index in [4.69, 9.17) is 0 Å². The van der Waals surface area contributed by atoms with Crippen LogP contribution in [-0.4, -0.2) is 15.8 Å². The van der Waals surface area contributed by atoms with Crippen molar-refractivity contribution in [3.05, 3.63) is 76.6 Å². The van der Waals surface area contributed by atoms with Gasteiger partial charge in [-0.2, -0.15) is 13.2 Å². The van der Waals surface area contributed by atoms with Crippen LogP contribution in [0.1, 0.15) is 40.2 Å². The summed E-state index contributed by atoms with van der Waals surface area (Å²) >= 11 is 1.10. The number of nitrogens with zero attached hydrogens (tertiary/aromatic N) is 2. The molecule has 4 nitrogen and oxygen atoms in total. The predicted octanol–water partition coefficient (Wildman–Crippen LogP) is 5.14. The molecule has 0 radical (unpaired) electrons. The fourth-order valence-corrected chi connectivity index (χ4v) is 3.42. The fraction of sp³-hybridized carbons (Fsp3) is 0.211. The van der Waals surface area contributed by atoms with Crippen LogP contribution in [0.2, 0.25) is 0 Å². The molecule has 2 aromatic heterocycles. The fourth-order valence-electron chi connectivity index (χ4n) is 2.49. The lowest BCUT2D eigenvalue weighted by atomic mass is 9.96. The molecule has 1 N–H and O–H groups in total. The van der Waals surface area contributed by atoms with Crippen LogP contribution in [0, 0.1) is 0 Å². The van der Waals surface area contributed by atoms with Gasteiger partial charge in [0.25, 0.3) is 0 Å². The van der Waals surface area contributed by atoms with Crippen molar-refractivity contribution >= 4 is 22.3 Å². The molecule has 140 valence electrons. The van der Waals surface area contributed by atoms with Gasteiger partial charge in [0.05, 0.1) is 22.2 Å². The van der Waals surface area contributed by atoms with Crippen LogP contribution in [0.25, 0.3) is 0 Å². The van der Waals surface area contributed by atoms with Crippen LogP contribution in [0.15, 0.2) is 55.0 Å². The molecule has 8 heteroatoms. The molecule has 3 aromatic rings. The van der Waals surface area contributed by atoms with Crippen molar-refractivity contribution in [3.63, 3.8) is 0 Å². The highest BCUT2D eigenvalue weighted by Crippen LogP contribution is 2.32. The minimum Gasteiger partial charge on any atom is -0.352 e. The lowest BCUT2D eigenvalue weighted by molar-refractivity contribution is -0.137. The molecule has 0 aliphatic rings. The van der Waals surface area contributed by atoms with Gasteiger partial charge in [-0.3, -0.25) is 9.78 Å². The summed E-state index contributed by atoms with van der Waals surface area (Å²) in [4.78, 5) is 21.1. The van der Waals surface area contributed by atoms with E-state index in [1.54, 1.807) is 12.4 Å². The van der Waals surface area contributed by atoms with Crippen LogP contribution in [0.4, 0.5) is 18.3 Å². The van der Waals surface area contributed by atoms with E-state index in [2.05, 4.69) is 15.3 Å². The molecule has 0 aliphatic carbocycles. The van der Waals surface area contributed by atoms with Gasteiger partial charge in [-0.15, -0.1) is 0 Å². The zero-order chi connectivity index (χ0) is 19.7. The Labute approximate surface area is 158 Å². The molecule has 0 spiro atoms. The van der Waals surface area contributed by atoms with Crippen LogP contribution < -0.4 is 5.32 Å². The van der Waals surface area contributed by atoms with Gasteiger partial charge in [0, 0.05) is 18.0 Å². The van der Waals surface area contributed by atoms with Gasteiger partial charge in [0.1, 0.15) is 0 Å². The van der Waals surface area contributed by atoms with Gasteiger partial charge in [0.2, 0.25) is 5.78 Å². The van der Waals surface area contributed by atoms with Gasteiger partial charge >= 0.3 is 6.18 Å². The lowest BCUT2D eigenvalue weighted by Gasteiger charge is -2.26. The summed E-state index contributed by atoms with van der Waals surface area (Å²) in [5.74, 6) is -0.495. The number of carbonyl (C=O) groups is 1. The topological polar surface area (TPSA) is 54.9 Å². The average molecular weight is 391 g/mol. The van der Waals surface area contributed by atoms with E-state index in [0.717, 1.165) is 29.0 Å². The molecule has 0 amide bonds. The third kappa shape index (κ3) is 4.33. The lowest BCUT2D eigenvalue weighted by Crippen LogP contribution is -2.27. The highest BCUT2D eigenvalue weighted by Gasteiger charge is 2.31. The van der Waals surface area contributed by atoms with Crippen molar-refractivity contribution in [2.24, 2.45) is 0 Å². The molecule has 0 unspecified atom stereocenters. The number of thiazole rings is 1. The van der Waals surface area contributed by atoms with E-state index in [9.17, 15) is 18.0 Å². The first kappa shape index (κ1) is 19.0. The van der Waals surface area contributed by atoms with Crippen molar-refractivity contribution in [2.75, 3.05) is 5.32 Å². The maximum Gasteiger partial charge on any atom is 0.416 e. The summed E-state index contributed by atoms with van der Waals surface area (Å²) in [5.41, 5.74) is -0.422. The number of ketones is 1. The van der Waals surface area contributed by atoms with Crippen LogP contribution in [0.5, 0.6) is 0 Å². The van der Waals surface area contributed by atoms with Crippen molar-refractivity contribution in [3.8, 4) is 0 Å². The first-order valence-corrected chi connectivity index (χ1v) is 8.85. The second-order valence-electron chi connectivity index (χ2n) is 6.43. The Kier molecular flexibility index (Phi) is 5.01. The molecule has 2 heterocycles. The highest BCUT2D eigenvalue weighted by molar-refractivity contribution is 7.17. The van der Waals surface area contributed by atoms with Crippen molar-refractivity contribution < 1.29 is 18.0 Å². The number of anilines is 1. The number of rotatable bonds is 5. The van der Waals surface area contributed by atoms with Gasteiger partial charge in [-0.25, -0.2) is 4.98 Å². The van der Waals surface area contributed by atoms with Gasteiger partial charge in [-0.05, 0) is 37.6 Å². The van der Waals surface area contributed by atoms with Crippen molar-refractivity contribution in [1.82, 2.24) is 9.97 Å². The first-order chi connectivity index (χ1) is 12.7. The number of hydrogen-bond donors (Lipinski definition) is 1. The second-order valence-corrected chi connectivity index (χ2v) is 7.46. The predicted molar refractivity (Wildman–Crippen MR) is 97.9 cm³/mol. The van der Waals surface area contributed by atoms with E-state index >= 15 is 0 Å². The zero-order valence-electron chi connectivity index (χ0n) is 14.5. The number of nitrogens with one attached hydrogen (secondary N) is 1. The highest BCUT2D eigenvalue weighted by atomic mass is 32.1. The molecule has 0 aliphatic heterocycles. The molecule has 0 saturated carbocycles. The Bertz CT molecular complexity index is 952. The standard InChI is InChI=1S/C19H16F3N3OS/c1-18(2,14-7-4-8-23-10-14)25-17-24-11-15(27-17)16(26)12-5-3-6-13(9-12)19(20,21)22/h3-11H,1-2H3,(H,24,25). The summed E-state index contributed by atoms with van der Waals surface area (Å²) in [6.07, 6.45) is 0.281. The SMILES string of the molecule is CC(C)(Nc1ncc(C(=O)c2cccc(C(F)(F)F)c2)s1)c1cccnc1. The number of carbonyl (C=O) groups excluding carboxylic acids is 1. The number of benzene rings is 1. The number of halogens is 3. The Morgan fingerprint density at radius 2 is 1.81 bits per heavy atom. The third-order valence-corrected chi connectivity index (χ3v) is 4.90. The Morgan fingerprint density at radius 1 is 1.07 bits per heavy atom. The molecule has 0 bridgehead atoms. The zero-order valence-corrected chi connectivity index (χ0v) is 15.4. The van der Waals surface area contributed by atoms with E-state index in [-0.39, 0.29) is 10.4 Å².